The van der Waals surface area contributed by atoms with E-state index < -0.39 is 15.8 Å². The van der Waals surface area contributed by atoms with Crippen molar-refractivity contribution >= 4 is 38.4 Å². The first kappa shape index (κ1) is 17.2. The normalized spacial score (nSPS) is 11.5. The van der Waals surface area contributed by atoms with Crippen molar-refractivity contribution in [1.29, 1.82) is 0 Å². The molecule has 0 aliphatic rings. The van der Waals surface area contributed by atoms with Crippen molar-refractivity contribution in [3.05, 3.63) is 45.9 Å². The second kappa shape index (κ2) is 6.34. The Bertz CT molecular complexity index is 1100. The van der Waals surface area contributed by atoms with E-state index in [-0.39, 0.29) is 26.9 Å². The predicted octanol–water partition coefficient (Wildman–Crippen LogP) is 2.59. The quantitative estimate of drug-likeness (QED) is 0.699. The summed E-state index contributed by atoms with van der Waals surface area (Å²) in [5, 5.41) is 0.216. The summed E-state index contributed by atoms with van der Waals surface area (Å²) in [4.78, 5) is 13.5. The summed E-state index contributed by atoms with van der Waals surface area (Å²) >= 11 is 6.04. The Morgan fingerprint density at radius 2 is 1.84 bits per heavy atom. The summed E-state index contributed by atoms with van der Waals surface area (Å²) < 4.78 is 42.7. The topological polar surface area (TPSA) is 111 Å². The molecular weight excluding hydrogens is 372 g/mol. The lowest BCUT2D eigenvalue weighted by Crippen LogP contribution is -2.13. The molecule has 0 aliphatic heterocycles. The molecule has 1 heterocycles. The molecule has 0 aliphatic carbocycles. The number of methoxy groups -OCH3 is 2. The van der Waals surface area contributed by atoms with Crippen LogP contribution >= 0.6 is 11.6 Å². The summed E-state index contributed by atoms with van der Waals surface area (Å²) in [6, 6.07) is 6.87. The van der Waals surface area contributed by atoms with Gasteiger partial charge in [-0.1, -0.05) is 11.6 Å². The second-order valence-corrected chi connectivity index (χ2v) is 7.05. The highest BCUT2D eigenvalue weighted by Gasteiger charge is 2.19. The van der Waals surface area contributed by atoms with Gasteiger partial charge in [0.1, 0.15) is 11.5 Å². The van der Waals surface area contributed by atoms with Crippen LogP contribution in [0.25, 0.3) is 11.1 Å². The van der Waals surface area contributed by atoms with Crippen LogP contribution in [0.2, 0.25) is 5.02 Å². The number of aromatic nitrogens is 1. The summed E-state index contributed by atoms with van der Waals surface area (Å²) in [5.41, 5.74) is 0.672. The molecule has 1 aromatic heterocycles. The van der Waals surface area contributed by atoms with Gasteiger partial charge in [-0.25, -0.2) is 13.2 Å². The standard InChI is InChI=1S/C15H13ClN2O6S/c1-22-12-7-13(23-2)11(6-9(12)16)18-25(20,21)8-3-4-10-14(5-8)24-15(19)17-10/h3-7,18H,1-2H3,(H,17,19). The molecule has 0 atom stereocenters. The number of benzene rings is 2. The fourth-order valence-electron chi connectivity index (χ4n) is 2.24. The zero-order chi connectivity index (χ0) is 18.2. The molecule has 0 unspecified atom stereocenters. The third-order valence-corrected chi connectivity index (χ3v) is 5.08. The van der Waals surface area contributed by atoms with E-state index in [0.717, 1.165) is 0 Å². The number of halogens is 1. The lowest BCUT2D eigenvalue weighted by Gasteiger charge is -2.14. The number of hydrogen-bond acceptors (Lipinski definition) is 6. The van der Waals surface area contributed by atoms with Gasteiger partial charge >= 0.3 is 5.76 Å². The lowest BCUT2D eigenvalue weighted by molar-refractivity contribution is 0.396. The molecule has 0 saturated carbocycles. The summed E-state index contributed by atoms with van der Waals surface area (Å²) in [5.74, 6) is -0.0859. The van der Waals surface area contributed by atoms with Crippen molar-refractivity contribution in [2.75, 3.05) is 18.9 Å². The molecule has 0 amide bonds. The molecule has 10 heteroatoms. The second-order valence-electron chi connectivity index (χ2n) is 4.97. The SMILES string of the molecule is COc1cc(OC)c(NS(=O)(=O)c2ccc3[nH]c(=O)oc3c2)cc1Cl. The number of anilines is 1. The van der Waals surface area contributed by atoms with Crippen LogP contribution in [0.4, 0.5) is 5.69 Å². The smallest absolute Gasteiger partial charge is 0.417 e. The summed E-state index contributed by atoms with van der Waals surface area (Å²) in [7, 11) is -1.15. The Morgan fingerprint density at radius 3 is 2.52 bits per heavy atom. The maximum absolute atomic E-state index is 12.6. The Kier molecular flexibility index (Phi) is 4.36. The van der Waals surface area contributed by atoms with Gasteiger partial charge in [0, 0.05) is 12.1 Å². The lowest BCUT2D eigenvalue weighted by atomic mass is 10.3. The minimum Gasteiger partial charge on any atom is -0.495 e. The Balaban J connectivity index is 2.03. The number of aromatic amines is 1. The molecule has 8 nitrogen and oxygen atoms in total. The van der Waals surface area contributed by atoms with Crippen LogP contribution in [0.15, 0.2) is 44.4 Å². The van der Waals surface area contributed by atoms with E-state index in [0.29, 0.717) is 11.3 Å². The highest BCUT2D eigenvalue weighted by atomic mass is 35.5. The van der Waals surface area contributed by atoms with Gasteiger partial charge < -0.3 is 13.9 Å². The van der Waals surface area contributed by atoms with Crippen LogP contribution in [-0.2, 0) is 10.0 Å². The van der Waals surface area contributed by atoms with Crippen LogP contribution in [0.3, 0.4) is 0 Å². The minimum atomic E-state index is -3.97. The Labute approximate surface area is 147 Å². The number of ether oxygens (including phenoxy) is 2. The van der Waals surface area contributed by atoms with Crippen LogP contribution < -0.4 is 20.0 Å². The number of hydrogen-bond donors (Lipinski definition) is 2. The molecule has 2 aromatic carbocycles. The summed E-state index contributed by atoms with van der Waals surface area (Å²) in [6.07, 6.45) is 0. The van der Waals surface area contributed by atoms with E-state index in [2.05, 4.69) is 9.71 Å². The van der Waals surface area contributed by atoms with E-state index in [9.17, 15) is 13.2 Å². The Morgan fingerprint density at radius 1 is 1.12 bits per heavy atom. The van der Waals surface area contributed by atoms with E-state index in [1.54, 1.807) is 0 Å². The van der Waals surface area contributed by atoms with E-state index >= 15 is 0 Å². The number of nitrogens with one attached hydrogen (secondary N) is 2. The van der Waals surface area contributed by atoms with Gasteiger partial charge in [-0.05, 0) is 18.2 Å². The third kappa shape index (κ3) is 3.28. The molecule has 2 N–H and O–H groups in total. The molecule has 0 saturated heterocycles. The molecule has 3 rings (SSSR count). The fourth-order valence-corrected chi connectivity index (χ4v) is 3.55. The largest absolute Gasteiger partial charge is 0.495 e. The van der Waals surface area contributed by atoms with Crippen molar-refractivity contribution in [1.82, 2.24) is 4.98 Å². The van der Waals surface area contributed by atoms with Crippen LogP contribution in [0.1, 0.15) is 0 Å². The maximum atomic E-state index is 12.6. The molecule has 25 heavy (non-hydrogen) atoms. The van der Waals surface area contributed by atoms with Crippen molar-refractivity contribution in [2.45, 2.75) is 4.90 Å². The number of oxazole rings is 1. The Hall–Kier alpha value is -2.65. The minimum absolute atomic E-state index is 0.0863. The summed E-state index contributed by atoms with van der Waals surface area (Å²) in [6.45, 7) is 0. The first-order valence-electron chi connectivity index (χ1n) is 6.91. The van der Waals surface area contributed by atoms with Crippen molar-refractivity contribution in [2.24, 2.45) is 0 Å². The first-order valence-corrected chi connectivity index (χ1v) is 8.77. The maximum Gasteiger partial charge on any atom is 0.417 e. The van der Waals surface area contributed by atoms with Gasteiger partial charge in [-0.2, -0.15) is 0 Å². The fraction of sp³-hybridized carbons (Fsp3) is 0.133. The van der Waals surface area contributed by atoms with Gasteiger partial charge in [0.05, 0.1) is 35.3 Å². The van der Waals surface area contributed by atoms with Crippen molar-refractivity contribution < 1.29 is 22.3 Å². The zero-order valence-electron chi connectivity index (χ0n) is 13.1. The monoisotopic (exact) mass is 384 g/mol. The highest BCUT2D eigenvalue weighted by molar-refractivity contribution is 7.92. The number of H-pyrrole nitrogens is 1. The van der Waals surface area contributed by atoms with Gasteiger partial charge in [0.2, 0.25) is 0 Å². The number of fused-ring (bicyclic) bond motifs is 1. The molecule has 0 bridgehead atoms. The van der Waals surface area contributed by atoms with Crippen LogP contribution in [0, 0.1) is 0 Å². The highest BCUT2D eigenvalue weighted by Crippen LogP contribution is 2.37. The number of sulfonamides is 1. The van der Waals surface area contributed by atoms with Gasteiger partial charge in [-0.3, -0.25) is 9.71 Å². The van der Waals surface area contributed by atoms with Crippen LogP contribution in [-0.4, -0.2) is 27.6 Å². The van der Waals surface area contributed by atoms with Gasteiger partial charge in [-0.15, -0.1) is 0 Å². The van der Waals surface area contributed by atoms with E-state index in [1.165, 1.54) is 44.6 Å². The molecule has 0 radical (unpaired) electrons. The van der Waals surface area contributed by atoms with E-state index in [4.69, 9.17) is 25.5 Å². The molecule has 3 aromatic rings. The van der Waals surface area contributed by atoms with Crippen molar-refractivity contribution in [3.63, 3.8) is 0 Å². The molecule has 132 valence electrons. The zero-order valence-corrected chi connectivity index (χ0v) is 14.7. The third-order valence-electron chi connectivity index (χ3n) is 3.42. The average molecular weight is 385 g/mol. The van der Waals surface area contributed by atoms with Gasteiger partial charge in [0.25, 0.3) is 10.0 Å². The van der Waals surface area contributed by atoms with Gasteiger partial charge in [0.15, 0.2) is 5.58 Å². The number of rotatable bonds is 5. The van der Waals surface area contributed by atoms with E-state index in [1.807, 2.05) is 0 Å². The van der Waals surface area contributed by atoms with Crippen molar-refractivity contribution in [3.8, 4) is 11.5 Å². The van der Waals surface area contributed by atoms with Crippen LogP contribution in [0.5, 0.6) is 11.5 Å². The molecular formula is C15H13ClN2O6S. The molecule has 0 fully saturated rings. The first-order chi connectivity index (χ1) is 11.8. The average Bonchev–Trinajstić information content (AvgIpc) is 2.94. The molecule has 0 spiro atoms. The predicted molar refractivity (Wildman–Crippen MR) is 92.2 cm³/mol.